The molecule has 0 aliphatic carbocycles. The normalized spacial score (nSPS) is 16.9. The van der Waals surface area contributed by atoms with Crippen LogP contribution in [0.2, 0.25) is 0 Å². The van der Waals surface area contributed by atoms with Gasteiger partial charge in [0.15, 0.2) is 0 Å². The molecule has 8 nitrogen and oxygen atoms in total. The molecule has 25 heavy (non-hydrogen) atoms. The zero-order valence-corrected chi connectivity index (χ0v) is 15.8. The van der Waals surface area contributed by atoms with Gasteiger partial charge in [0.25, 0.3) is 0 Å². The van der Waals surface area contributed by atoms with Gasteiger partial charge in [-0.15, -0.1) is 0 Å². The van der Waals surface area contributed by atoms with Crippen LogP contribution in [0, 0.1) is 0 Å². The quantitative estimate of drug-likeness (QED) is 0.736. The Morgan fingerprint density at radius 3 is 2.48 bits per heavy atom. The number of sulfonamides is 1. The van der Waals surface area contributed by atoms with Crippen LogP contribution >= 0.6 is 11.8 Å². The zero-order valence-electron chi connectivity index (χ0n) is 14.2. The first kappa shape index (κ1) is 19.7. The number of urea groups is 1. The van der Waals surface area contributed by atoms with Crippen LogP contribution in [-0.4, -0.2) is 55.0 Å². The largest absolute Gasteiger partial charge is 0.341 e. The SMILES string of the molecule is CNC(=O)NC(=O)C(C)Sc1ccc(S(=O)(=O)N2CCCCC2)cn1. The number of pyridine rings is 1. The molecule has 0 saturated carbocycles. The second-order valence-corrected chi connectivity index (χ2v) is 8.92. The molecule has 2 N–H and O–H groups in total. The number of carbonyl (C=O) groups excluding carboxylic acids is 2. The van der Waals surface area contributed by atoms with Crippen LogP contribution in [-0.2, 0) is 14.8 Å². The van der Waals surface area contributed by atoms with Gasteiger partial charge in [-0.25, -0.2) is 18.2 Å². The molecule has 1 aromatic rings. The van der Waals surface area contributed by atoms with E-state index in [9.17, 15) is 18.0 Å². The minimum atomic E-state index is -3.51. The molecule has 1 aliphatic heterocycles. The van der Waals surface area contributed by atoms with Crippen molar-refractivity contribution in [3.8, 4) is 0 Å². The van der Waals surface area contributed by atoms with Crippen molar-refractivity contribution >= 4 is 33.7 Å². The molecular formula is C15H22N4O4S2. The van der Waals surface area contributed by atoms with Gasteiger partial charge in [-0.2, -0.15) is 4.31 Å². The van der Waals surface area contributed by atoms with Crippen molar-refractivity contribution in [1.82, 2.24) is 19.9 Å². The maximum absolute atomic E-state index is 12.6. The molecule has 2 heterocycles. The minimum absolute atomic E-state index is 0.154. The number of amides is 3. The lowest BCUT2D eigenvalue weighted by molar-refractivity contribution is -0.119. The van der Waals surface area contributed by atoms with Crippen molar-refractivity contribution in [2.75, 3.05) is 20.1 Å². The summed E-state index contributed by atoms with van der Waals surface area (Å²) in [6.45, 7) is 2.72. The lowest BCUT2D eigenvalue weighted by atomic mass is 10.2. The fraction of sp³-hybridized carbons (Fsp3) is 0.533. The van der Waals surface area contributed by atoms with E-state index in [-0.39, 0.29) is 4.90 Å². The summed E-state index contributed by atoms with van der Waals surface area (Å²) in [7, 11) is -2.09. The van der Waals surface area contributed by atoms with Gasteiger partial charge in [0.05, 0.1) is 10.3 Å². The summed E-state index contributed by atoms with van der Waals surface area (Å²) in [5.41, 5.74) is 0. The van der Waals surface area contributed by atoms with E-state index in [4.69, 9.17) is 0 Å². The Hall–Kier alpha value is -1.65. The topological polar surface area (TPSA) is 108 Å². The van der Waals surface area contributed by atoms with Gasteiger partial charge in [-0.3, -0.25) is 10.1 Å². The summed E-state index contributed by atoms with van der Waals surface area (Å²) < 4.78 is 26.6. The highest BCUT2D eigenvalue weighted by molar-refractivity contribution is 8.00. The van der Waals surface area contributed by atoms with E-state index in [1.807, 2.05) is 0 Å². The third-order valence-corrected chi connectivity index (χ3v) is 6.73. The molecule has 1 fully saturated rings. The second-order valence-electron chi connectivity index (χ2n) is 5.63. The van der Waals surface area contributed by atoms with E-state index >= 15 is 0 Å². The number of nitrogens with one attached hydrogen (secondary N) is 2. The number of aromatic nitrogens is 1. The van der Waals surface area contributed by atoms with Gasteiger partial charge in [0.1, 0.15) is 4.90 Å². The first-order valence-electron chi connectivity index (χ1n) is 8.00. The van der Waals surface area contributed by atoms with E-state index < -0.39 is 27.2 Å². The highest BCUT2D eigenvalue weighted by Gasteiger charge is 2.26. The molecule has 1 aromatic heterocycles. The molecule has 138 valence electrons. The van der Waals surface area contributed by atoms with Crippen molar-refractivity contribution in [1.29, 1.82) is 0 Å². The van der Waals surface area contributed by atoms with Crippen molar-refractivity contribution in [3.05, 3.63) is 18.3 Å². The van der Waals surface area contributed by atoms with Crippen LogP contribution < -0.4 is 10.6 Å². The van der Waals surface area contributed by atoms with Crippen LogP contribution in [0.25, 0.3) is 0 Å². The number of thioether (sulfide) groups is 1. The van der Waals surface area contributed by atoms with Gasteiger partial charge in [0.2, 0.25) is 15.9 Å². The Labute approximate surface area is 151 Å². The summed E-state index contributed by atoms with van der Waals surface area (Å²) in [5, 5.41) is 4.46. The molecule has 1 aliphatic rings. The fourth-order valence-electron chi connectivity index (χ4n) is 2.35. The molecule has 0 radical (unpaired) electrons. The Balaban J connectivity index is 2.01. The van der Waals surface area contributed by atoms with E-state index in [0.717, 1.165) is 31.0 Å². The summed E-state index contributed by atoms with van der Waals surface area (Å²) in [4.78, 5) is 27.3. The molecule has 0 spiro atoms. The zero-order chi connectivity index (χ0) is 18.4. The summed E-state index contributed by atoms with van der Waals surface area (Å²) >= 11 is 1.15. The number of rotatable bonds is 5. The lowest BCUT2D eigenvalue weighted by Crippen LogP contribution is -2.41. The first-order valence-corrected chi connectivity index (χ1v) is 10.3. The van der Waals surface area contributed by atoms with Gasteiger partial charge >= 0.3 is 6.03 Å². The van der Waals surface area contributed by atoms with Crippen molar-refractivity contribution in [2.24, 2.45) is 0 Å². The number of hydrogen-bond donors (Lipinski definition) is 2. The highest BCUT2D eigenvalue weighted by atomic mass is 32.2. The number of hydrogen-bond acceptors (Lipinski definition) is 6. The van der Waals surface area contributed by atoms with Crippen LogP contribution in [0.4, 0.5) is 4.79 Å². The summed E-state index contributed by atoms with van der Waals surface area (Å²) in [5.74, 6) is -0.448. The van der Waals surface area contributed by atoms with E-state index in [0.29, 0.717) is 18.1 Å². The Morgan fingerprint density at radius 2 is 1.92 bits per heavy atom. The third kappa shape index (κ3) is 5.16. The average molecular weight is 386 g/mol. The molecule has 1 unspecified atom stereocenters. The predicted molar refractivity (Wildman–Crippen MR) is 94.8 cm³/mol. The maximum atomic E-state index is 12.6. The van der Waals surface area contributed by atoms with Crippen LogP contribution in [0.15, 0.2) is 28.3 Å². The Kier molecular flexibility index (Phi) is 6.79. The van der Waals surface area contributed by atoms with Gasteiger partial charge in [0, 0.05) is 26.3 Å². The number of nitrogens with zero attached hydrogens (tertiary/aromatic N) is 2. The molecule has 10 heteroatoms. The van der Waals surface area contributed by atoms with Crippen molar-refractivity contribution < 1.29 is 18.0 Å². The van der Waals surface area contributed by atoms with Crippen molar-refractivity contribution in [3.63, 3.8) is 0 Å². The standard InChI is InChI=1S/C15H22N4O4S2/c1-11(14(20)18-15(21)16-2)24-13-7-6-12(10-17-13)25(22,23)19-8-4-3-5-9-19/h6-7,10-11H,3-5,8-9H2,1-2H3,(H2,16,18,20,21). The van der Waals surface area contributed by atoms with Gasteiger partial charge in [-0.1, -0.05) is 18.2 Å². The lowest BCUT2D eigenvalue weighted by Gasteiger charge is -2.25. The van der Waals surface area contributed by atoms with E-state index in [2.05, 4.69) is 15.6 Å². The monoisotopic (exact) mass is 386 g/mol. The minimum Gasteiger partial charge on any atom is -0.341 e. The fourth-order valence-corrected chi connectivity index (χ4v) is 4.61. The van der Waals surface area contributed by atoms with Crippen LogP contribution in [0.1, 0.15) is 26.2 Å². The second kappa shape index (κ2) is 8.63. The Bertz CT molecular complexity index is 716. The molecule has 0 aromatic carbocycles. The average Bonchev–Trinajstić information content (AvgIpc) is 2.62. The Morgan fingerprint density at radius 1 is 1.24 bits per heavy atom. The van der Waals surface area contributed by atoms with E-state index in [1.54, 1.807) is 13.0 Å². The number of carbonyl (C=O) groups is 2. The third-order valence-electron chi connectivity index (χ3n) is 3.79. The molecule has 1 atom stereocenters. The van der Waals surface area contributed by atoms with Gasteiger partial charge < -0.3 is 5.32 Å². The van der Waals surface area contributed by atoms with Crippen LogP contribution in [0.3, 0.4) is 0 Å². The summed E-state index contributed by atoms with van der Waals surface area (Å²) in [6, 6.07) is 2.50. The van der Waals surface area contributed by atoms with E-state index in [1.165, 1.54) is 23.6 Å². The molecule has 2 rings (SSSR count). The molecule has 1 saturated heterocycles. The highest BCUT2D eigenvalue weighted by Crippen LogP contribution is 2.24. The maximum Gasteiger partial charge on any atom is 0.321 e. The van der Waals surface area contributed by atoms with Crippen molar-refractivity contribution in [2.45, 2.75) is 41.4 Å². The van der Waals surface area contributed by atoms with Gasteiger partial charge in [-0.05, 0) is 31.9 Å². The predicted octanol–water partition coefficient (Wildman–Crippen LogP) is 1.19. The first-order chi connectivity index (χ1) is 11.8. The summed E-state index contributed by atoms with van der Waals surface area (Å²) in [6.07, 6.45) is 4.11. The molecule has 3 amide bonds. The number of imide groups is 1. The van der Waals surface area contributed by atoms with Crippen LogP contribution in [0.5, 0.6) is 0 Å². The molecule has 0 bridgehead atoms. The smallest absolute Gasteiger partial charge is 0.321 e. The molecular weight excluding hydrogens is 364 g/mol. The number of piperidine rings is 1.